The van der Waals surface area contributed by atoms with Crippen LogP contribution in [-0.2, 0) is 19.4 Å². The van der Waals surface area contributed by atoms with Crippen LogP contribution < -0.4 is 4.74 Å². The van der Waals surface area contributed by atoms with Gasteiger partial charge in [0.15, 0.2) is 0 Å². The van der Waals surface area contributed by atoms with E-state index in [0.717, 1.165) is 31.2 Å². The summed E-state index contributed by atoms with van der Waals surface area (Å²) >= 11 is 0. The van der Waals surface area contributed by atoms with E-state index in [1.807, 2.05) is 12.4 Å². The van der Waals surface area contributed by atoms with E-state index in [1.54, 1.807) is 7.11 Å². The molecule has 0 atom stereocenters. The molecule has 2 heterocycles. The Bertz CT molecular complexity index is 658. The molecule has 1 aromatic heterocycles. The molecule has 122 valence electrons. The highest BCUT2D eigenvalue weighted by molar-refractivity contribution is 5.44. The fraction of sp³-hybridized carbons (Fsp3) is 0.526. The van der Waals surface area contributed by atoms with Crippen LogP contribution >= 0.6 is 0 Å². The number of ether oxygens (including phenoxy) is 1. The van der Waals surface area contributed by atoms with Gasteiger partial charge in [0.05, 0.1) is 7.11 Å². The summed E-state index contributed by atoms with van der Waals surface area (Å²) in [7, 11) is 1.79. The summed E-state index contributed by atoms with van der Waals surface area (Å²) in [4.78, 5) is 10.2. The van der Waals surface area contributed by atoms with E-state index < -0.39 is 0 Å². The lowest BCUT2D eigenvalue weighted by molar-refractivity contribution is 0.200. The quantitative estimate of drug-likeness (QED) is 0.942. The first-order valence-corrected chi connectivity index (χ1v) is 8.74. The highest BCUT2D eigenvalue weighted by Gasteiger charge is 2.23. The fourth-order valence-electron chi connectivity index (χ4n) is 4.07. The number of methoxy groups -OCH3 is 1. The molecule has 0 unspecified atom stereocenters. The Morgan fingerprint density at radius 3 is 2.70 bits per heavy atom. The van der Waals surface area contributed by atoms with Crippen LogP contribution in [0.2, 0.25) is 0 Å². The first-order valence-electron chi connectivity index (χ1n) is 8.74. The molecule has 1 fully saturated rings. The van der Waals surface area contributed by atoms with Gasteiger partial charge >= 0.3 is 0 Å². The van der Waals surface area contributed by atoms with Crippen molar-refractivity contribution in [2.24, 2.45) is 0 Å². The van der Waals surface area contributed by atoms with Crippen molar-refractivity contribution in [3.05, 3.63) is 47.0 Å². The van der Waals surface area contributed by atoms with E-state index >= 15 is 0 Å². The topological polar surface area (TPSA) is 41.1 Å². The van der Waals surface area contributed by atoms with Crippen LogP contribution in [0, 0.1) is 0 Å². The monoisotopic (exact) mass is 311 g/mol. The Morgan fingerprint density at radius 1 is 1.22 bits per heavy atom. The molecule has 1 aromatic carbocycles. The summed E-state index contributed by atoms with van der Waals surface area (Å²) < 4.78 is 5.65. The molecule has 4 rings (SSSR count). The second-order valence-electron chi connectivity index (χ2n) is 6.81. The van der Waals surface area contributed by atoms with Gasteiger partial charge in [0, 0.05) is 30.4 Å². The SMILES string of the molecule is COc1cc2c(cc1CN1CCC(c3ncc[nH]3)CC1)CCC2. The predicted octanol–water partition coefficient (Wildman–Crippen LogP) is 3.29. The lowest BCUT2D eigenvalue weighted by Gasteiger charge is -2.31. The van der Waals surface area contributed by atoms with E-state index in [2.05, 4.69) is 27.0 Å². The number of aromatic nitrogens is 2. The minimum atomic E-state index is 0.586. The van der Waals surface area contributed by atoms with Crippen molar-refractivity contribution < 1.29 is 4.74 Å². The second kappa shape index (κ2) is 6.36. The van der Waals surface area contributed by atoms with Crippen molar-refractivity contribution in [3.8, 4) is 5.75 Å². The maximum Gasteiger partial charge on any atom is 0.123 e. The van der Waals surface area contributed by atoms with E-state index in [0.29, 0.717) is 5.92 Å². The molecular formula is C19H25N3O. The molecule has 2 aromatic rings. The maximum absolute atomic E-state index is 5.65. The number of imidazole rings is 1. The largest absolute Gasteiger partial charge is 0.496 e. The Kier molecular flexibility index (Phi) is 4.08. The molecule has 4 nitrogen and oxygen atoms in total. The van der Waals surface area contributed by atoms with E-state index in [1.165, 1.54) is 48.8 Å². The minimum Gasteiger partial charge on any atom is -0.496 e. The first-order chi connectivity index (χ1) is 11.3. The number of nitrogens with zero attached hydrogens (tertiary/aromatic N) is 2. The standard InChI is InChI=1S/C19H25N3O/c1-23-18-12-16-4-2-3-15(16)11-17(18)13-22-9-5-14(6-10-22)19-20-7-8-21-19/h7-8,11-12,14H,2-6,9-10,13H2,1H3,(H,20,21). The van der Waals surface area contributed by atoms with Gasteiger partial charge in [0.1, 0.15) is 11.6 Å². The highest BCUT2D eigenvalue weighted by Crippen LogP contribution is 2.32. The number of aryl methyl sites for hydroxylation is 2. The number of likely N-dealkylation sites (tertiary alicyclic amines) is 1. The van der Waals surface area contributed by atoms with Crippen molar-refractivity contribution in [1.82, 2.24) is 14.9 Å². The van der Waals surface area contributed by atoms with Crippen LogP contribution in [0.1, 0.15) is 47.7 Å². The smallest absolute Gasteiger partial charge is 0.123 e. The van der Waals surface area contributed by atoms with Crippen molar-refractivity contribution in [3.63, 3.8) is 0 Å². The molecule has 0 radical (unpaired) electrons. The molecule has 4 heteroatoms. The van der Waals surface area contributed by atoms with Crippen LogP contribution in [0.5, 0.6) is 5.75 Å². The van der Waals surface area contributed by atoms with Gasteiger partial charge in [0.25, 0.3) is 0 Å². The van der Waals surface area contributed by atoms with Crippen LogP contribution in [0.15, 0.2) is 24.5 Å². The van der Waals surface area contributed by atoms with Gasteiger partial charge in [-0.15, -0.1) is 0 Å². The van der Waals surface area contributed by atoms with Crippen LogP contribution in [0.4, 0.5) is 0 Å². The number of hydrogen-bond acceptors (Lipinski definition) is 3. The third-order valence-corrected chi connectivity index (χ3v) is 5.38. The van der Waals surface area contributed by atoms with E-state index in [4.69, 9.17) is 4.74 Å². The lowest BCUT2D eigenvalue weighted by Crippen LogP contribution is -2.32. The number of piperidine rings is 1. The number of aromatic amines is 1. The number of benzene rings is 1. The van der Waals surface area contributed by atoms with Gasteiger partial charge in [-0.1, -0.05) is 6.07 Å². The molecule has 1 aliphatic carbocycles. The molecule has 23 heavy (non-hydrogen) atoms. The Labute approximate surface area is 137 Å². The first kappa shape index (κ1) is 14.8. The zero-order valence-electron chi connectivity index (χ0n) is 13.8. The molecular weight excluding hydrogens is 286 g/mol. The number of fused-ring (bicyclic) bond motifs is 1. The van der Waals surface area contributed by atoms with Gasteiger partial charge in [-0.2, -0.15) is 0 Å². The number of H-pyrrole nitrogens is 1. The molecule has 1 aliphatic heterocycles. The Balaban J connectivity index is 1.43. The summed E-state index contributed by atoms with van der Waals surface area (Å²) in [6.45, 7) is 3.26. The molecule has 0 bridgehead atoms. The number of nitrogens with one attached hydrogen (secondary N) is 1. The van der Waals surface area contributed by atoms with Crippen LogP contribution in [0.25, 0.3) is 0 Å². The highest BCUT2D eigenvalue weighted by atomic mass is 16.5. The molecule has 0 saturated carbocycles. The van der Waals surface area contributed by atoms with Crippen molar-refractivity contribution >= 4 is 0 Å². The maximum atomic E-state index is 5.65. The average molecular weight is 311 g/mol. The van der Waals surface area contributed by atoms with Gasteiger partial charge in [0.2, 0.25) is 0 Å². The van der Waals surface area contributed by atoms with Crippen molar-refractivity contribution in [2.75, 3.05) is 20.2 Å². The second-order valence-corrected chi connectivity index (χ2v) is 6.81. The lowest BCUT2D eigenvalue weighted by atomic mass is 9.95. The summed E-state index contributed by atoms with van der Waals surface area (Å²) in [5.41, 5.74) is 4.37. The number of hydrogen-bond donors (Lipinski definition) is 1. The van der Waals surface area contributed by atoms with Gasteiger partial charge in [-0.05, 0) is 62.4 Å². The third-order valence-electron chi connectivity index (χ3n) is 5.38. The minimum absolute atomic E-state index is 0.586. The molecule has 1 saturated heterocycles. The Hall–Kier alpha value is -1.81. The zero-order chi connectivity index (χ0) is 15.6. The van der Waals surface area contributed by atoms with Gasteiger partial charge in [-0.25, -0.2) is 4.98 Å². The zero-order valence-corrected chi connectivity index (χ0v) is 13.8. The van der Waals surface area contributed by atoms with Gasteiger partial charge in [-0.3, -0.25) is 4.90 Å². The molecule has 1 N–H and O–H groups in total. The summed E-state index contributed by atoms with van der Waals surface area (Å²) in [6.07, 6.45) is 9.87. The van der Waals surface area contributed by atoms with Crippen LogP contribution in [0.3, 0.4) is 0 Å². The number of rotatable bonds is 4. The molecule has 0 spiro atoms. The summed E-state index contributed by atoms with van der Waals surface area (Å²) in [5.74, 6) is 2.81. The van der Waals surface area contributed by atoms with Crippen molar-refractivity contribution in [1.29, 1.82) is 0 Å². The van der Waals surface area contributed by atoms with Crippen molar-refractivity contribution in [2.45, 2.75) is 44.6 Å². The average Bonchev–Trinajstić information content (AvgIpc) is 3.26. The summed E-state index contributed by atoms with van der Waals surface area (Å²) in [5, 5.41) is 0. The van der Waals surface area contributed by atoms with Gasteiger partial charge < -0.3 is 9.72 Å². The normalized spacial score (nSPS) is 19.0. The molecule has 2 aliphatic rings. The van der Waals surface area contributed by atoms with E-state index in [9.17, 15) is 0 Å². The molecule has 0 amide bonds. The third kappa shape index (κ3) is 3.00. The predicted molar refractivity (Wildman–Crippen MR) is 90.9 cm³/mol. The van der Waals surface area contributed by atoms with Crippen LogP contribution in [-0.4, -0.2) is 35.1 Å². The van der Waals surface area contributed by atoms with E-state index in [-0.39, 0.29) is 0 Å². The fourth-order valence-corrected chi connectivity index (χ4v) is 4.07. The summed E-state index contributed by atoms with van der Waals surface area (Å²) in [6, 6.07) is 4.66. The Morgan fingerprint density at radius 2 is 2.00 bits per heavy atom.